The fraction of sp³-hybridized carbons (Fsp3) is 1.00. The second-order valence-electron chi connectivity index (χ2n) is 3.31. The van der Waals surface area contributed by atoms with Crippen LogP contribution >= 0.6 is 0 Å². The molecule has 0 radical (unpaired) electrons. The highest BCUT2D eigenvalue weighted by atomic mass is 15.2. The van der Waals surface area contributed by atoms with Crippen molar-refractivity contribution in [1.82, 2.24) is 9.80 Å². The van der Waals surface area contributed by atoms with E-state index in [2.05, 4.69) is 23.8 Å². The molecule has 0 rings (SSSR count). The number of likely N-dealkylation sites (N-methyl/N-ethyl adjacent to an activating group) is 2. The summed E-state index contributed by atoms with van der Waals surface area (Å²) < 4.78 is 0. The zero-order chi connectivity index (χ0) is 10.1. The topological polar surface area (TPSA) is 58.5 Å². The molecule has 0 fully saturated rings. The van der Waals surface area contributed by atoms with Crippen molar-refractivity contribution in [3.05, 3.63) is 0 Å². The highest BCUT2D eigenvalue weighted by Gasteiger charge is 2.02. The van der Waals surface area contributed by atoms with E-state index in [-0.39, 0.29) is 0 Å². The van der Waals surface area contributed by atoms with Gasteiger partial charge < -0.3 is 21.3 Å². The van der Waals surface area contributed by atoms with E-state index in [9.17, 15) is 0 Å². The molecule has 13 heavy (non-hydrogen) atoms. The van der Waals surface area contributed by atoms with Gasteiger partial charge in [0.1, 0.15) is 0 Å². The Balaban J connectivity index is 3.46. The van der Waals surface area contributed by atoms with E-state index < -0.39 is 0 Å². The number of hydrogen-bond acceptors (Lipinski definition) is 4. The van der Waals surface area contributed by atoms with Crippen LogP contribution in [-0.2, 0) is 0 Å². The van der Waals surface area contributed by atoms with E-state index in [0.29, 0.717) is 0 Å². The molecule has 80 valence electrons. The molecule has 0 heterocycles. The van der Waals surface area contributed by atoms with Crippen LogP contribution in [-0.4, -0.2) is 62.7 Å². The molecule has 0 spiro atoms. The summed E-state index contributed by atoms with van der Waals surface area (Å²) in [6.07, 6.45) is 0. The van der Waals surface area contributed by atoms with Crippen LogP contribution < -0.4 is 11.5 Å². The standard InChI is InChI=1S/C9H24N4/c1-3-13(7-5-11)9-8-12(2)6-4-10/h3-11H2,1-2H3. The molecule has 0 aliphatic carbocycles. The maximum Gasteiger partial charge on any atom is 0.0110 e. The van der Waals surface area contributed by atoms with Crippen LogP contribution in [0.4, 0.5) is 0 Å². The minimum atomic E-state index is 0.736. The lowest BCUT2D eigenvalue weighted by Gasteiger charge is -2.23. The lowest BCUT2D eigenvalue weighted by Crippen LogP contribution is -2.37. The van der Waals surface area contributed by atoms with Crippen molar-refractivity contribution < 1.29 is 0 Å². The quantitative estimate of drug-likeness (QED) is 0.521. The van der Waals surface area contributed by atoms with Crippen LogP contribution in [0, 0.1) is 0 Å². The molecular formula is C9H24N4. The van der Waals surface area contributed by atoms with Crippen molar-refractivity contribution >= 4 is 0 Å². The van der Waals surface area contributed by atoms with Crippen molar-refractivity contribution in [3.63, 3.8) is 0 Å². The Hall–Kier alpha value is -0.160. The average molecular weight is 188 g/mol. The largest absolute Gasteiger partial charge is 0.329 e. The second-order valence-corrected chi connectivity index (χ2v) is 3.31. The van der Waals surface area contributed by atoms with Gasteiger partial charge in [-0.05, 0) is 13.6 Å². The molecule has 0 saturated heterocycles. The molecule has 0 amide bonds. The third kappa shape index (κ3) is 6.95. The maximum absolute atomic E-state index is 5.49. The SMILES string of the molecule is CCN(CCN)CCN(C)CCN. The molecule has 0 bridgehead atoms. The fourth-order valence-electron chi connectivity index (χ4n) is 1.25. The number of rotatable bonds is 8. The van der Waals surface area contributed by atoms with Gasteiger partial charge in [-0.25, -0.2) is 0 Å². The van der Waals surface area contributed by atoms with Gasteiger partial charge in [-0.1, -0.05) is 6.92 Å². The van der Waals surface area contributed by atoms with Gasteiger partial charge in [0.25, 0.3) is 0 Å². The molecule has 0 unspecified atom stereocenters. The first-order chi connectivity index (χ1) is 6.24. The Morgan fingerprint density at radius 2 is 1.54 bits per heavy atom. The summed E-state index contributed by atoms with van der Waals surface area (Å²) in [4.78, 5) is 4.60. The highest BCUT2D eigenvalue weighted by molar-refractivity contribution is 4.59. The molecule has 0 aliphatic heterocycles. The van der Waals surface area contributed by atoms with Gasteiger partial charge in [0.2, 0.25) is 0 Å². The van der Waals surface area contributed by atoms with Gasteiger partial charge in [0.05, 0.1) is 0 Å². The monoisotopic (exact) mass is 188 g/mol. The summed E-state index contributed by atoms with van der Waals surface area (Å²) in [5.74, 6) is 0. The molecule has 0 atom stereocenters. The lowest BCUT2D eigenvalue weighted by atomic mass is 10.4. The van der Waals surface area contributed by atoms with Gasteiger partial charge in [0, 0.05) is 39.3 Å². The number of hydrogen-bond donors (Lipinski definition) is 2. The van der Waals surface area contributed by atoms with Crippen molar-refractivity contribution in [3.8, 4) is 0 Å². The summed E-state index contributed by atoms with van der Waals surface area (Å²) in [6.45, 7) is 8.85. The predicted molar refractivity (Wildman–Crippen MR) is 57.7 cm³/mol. The summed E-state index contributed by atoms with van der Waals surface area (Å²) in [6, 6.07) is 0. The van der Waals surface area contributed by atoms with Crippen LogP contribution in [0.25, 0.3) is 0 Å². The zero-order valence-corrected chi connectivity index (χ0v) is 9.00. The first-order valence-corrected chi connectivity index (χ1v) is 5.05. The molecule has 0 saturated carbocycles. The van der Waals surface area contributed by atoms with Crippen LogP contribution in [0.5, 0.6) is 0 Å². The fourth-order valence-corrected chi connectivity index (χ4v) is 1.25. The summed E-state index contributed by atoms with van der Waals surface area (Å²) in [5, 5.41) is 0. The Bertz CT molecular complexity index is 108. The van der Waals surface area contributed by atoms with Crippen LogP contribution in [0.3, 0.4) is 0 Å². The van der Waals surface area contributed by atoms with Crippen LogP contribution in [0.1, 0.15) is 6.92 Å². The van der Waals surface area contributed by atoms with E-state index in [4.69, 9.17) is 11.5 Å². The van der Waals surface area contributed by atoms with E-state index >= 15 is 0 Å². The first-order valence-electron chi connectivity index (χ1n) is 5.05. The van der Waals surface area contributed by atoms with E-state index in [0.717, 1.165) is 45.8 Å². The number of nitrogens with two attached hydrogens (primary N) is 2. The predicted octanol–water partition coefficient (Wildman–Crippen LogP) is -0.842. The average Bonchev–Trinajstić information content (AvgIpc) is 2.12. The molecule has 0 aromatic heterocycles. The van der Waals surface area contributed by atoms with E-state index in [1.165, 1.54) is 0 Å². The van der Waals surface area contributed by atoms with Gasteiger partial charge in [-0.2, -0.15) is 0 Å². The molecule has 4 nitrogen and oxygen atoms in total. The van der Waals surface area contributed by atoms with Crippen LogP contribution in [0.2, 0.25) is 0 Å². The molecule has 4 heteroatoms. The maximum atomic E-state index is 5.49. The molecule has 0 aromatic rings. The van der Waals surface area contributed by atoms with Crippen molar-refractivity contribution in [2.45, 2.75) is 6.92 Å². The van der Waals surface area contributed by atoms with Gasteiger partial charge >= 0.3 is 0 Å². The van der Waals surface area contributed by atoms with Crippen LogP contribution in [0.15, 0.2) is 0 Å². The minimum absolute atomic E-state index is 0.736. The van der Waals surface area contributed by atoms with Gasteiger partial charge in [-0.15, -0.1) is 0 Å². The number of nitrogens with zero attached hydrogens (tertiary/aromatic N) is 2. The van der Waals surface area contributed by atoms with E-state index in [1.54, 1.807) is 0 Å². The highest BCUT2D eigenvalue weighted by Crippen LogP contribution is 1.88. The van der Waals surface area contributed by atoms with Gasteiger partial charge in [-0.3, -0.25) is 0 Å². The second kappa shape index (κ2) is 8.44. The Morgan fingerprint density at radius 3 is 2.00 bits per heavy atom. The van der Waals surface area contributed by atoms with Crippen molar-refractivity contribution in [1.29, 1.82) is 0 Å². The summed E-state index contributed by atoms with van der Waals surface area (Å²) in [7, 11) is 2.10. The molecule has 0 aliphatic rings. The zero-order valence-electron chi connectivity index (χ0n) is 9.00. The summed E-state index contributed by atoms with van der Waals surface area (Å²) in [5.41, 5.74) is 10.9. The van der Waals surface area contributed by atoms with Crippen molar-refractivity contribution in [2.24, 2.45) is 11.5 Å². The molecule has 4 N–H and O–H groups in total. The van der Waals surface area contributed by atoms with E-state index in [1.807, 2.05) is 0 Å². The normalized spacial score (nSPS) is 11.5. The Labute approximate surface area is 81.9 Å². The Kier molecular flexibility index (Phi) is 8.33. The van der Waals surface area contributed by atoms with Gasteiger partial charge in [0.15, 0.2) is 0 Å². The summed E-state index contributed by atoms with van der Waals surface area (Å²) >= 11 is 0. The van der Waals surface area contributed by atoms with Crippen molar-refractivity contribution in [2.75, 3.05) is 52.9 Å². The Morgan fingerprint density at radius 1 is 0.923 bits per heavy atom. The third-order valence-corrected chi connectivity index (χ3v) is 2.20. The first kappa shape index (κ1) is 12.8. The molecule has 0 aromatic carbocycles. The molecular weight excluding hydrogens is 164 g/mol. The minimum Gasteiger partial charge on any atom is -0.329 e. The third-order valence-electron chi connectivity index (χ3n) is 2.20. The lowest BCUT2D eigenvalue weighted by molar-refractivity contribution is 0.240. The smallest absolute Gasteiger partial charge is 0.0110 e.